The van der Waals surface area contributed by atoms with Gasteiger partial charge in [-0.25, -0.2) is 0 Å². The number of unbranched alkanes of at least 4 members (excludes halogenated alkanes) is 5. The van der Waals surface area contributed by atoms with Crippen molar-refractivity contribution in [1.29, 1.82) is 0 Å². The lowest BCUT2D eigenvalue weighted by Gasteiger charge is -2.15. The fraction of sp³-hybridized carbons (Fsp3) is 0.647. The van der Waals surface area contributed by atoms with Crippen molar-refractivity contribution in [3.05, 3.63) is 29.8 Å². The van der Waals surface area contributed by atoms with Crippen molar-refractivity contribution < 1.29 is 13.0 Å². The summed E-state index contributed by atoms with van der Waals surface area (Å²) < 4.78 is 31.1. The predicted octanol–water partition coefficient (Wildman–Crippen LogP) is 5.18. The van der Waals surface area contributed by atoms with Crippen LogP contribution in [0.5, 0.6) is 0 Å². The molecule has 1 atom stereocenters. The fourth-order valence-corrected chi connectivity index (χ4v) is 3.17. The predicted molar refractivity (Wildman–Crippen MR) is 87.3 cm³/mol. The van der Waals surface area contributed by atoms with E-state index in [1.54, 1.807) is 0 Å². The van der Waals surface area contributed by atoms with Crippen molar-refractivity contribution in [3.63, 3.8) is 0 Å². The van der Waals surface area contributed by atoms with E-state index in [1.165, 1.54) is 56.2 Å². The number of hydrogen-bond donors (Lipinski definition) is 1. The molecule has 3 nitrogen and oxygen atoms in total. The van der Waals surface area contributed by atoms with Crippen LogP contribution in [0.25, 0.3) is 0 Å². The molecule has 0 radical (unpaired) electrons. The Balaban J connectivity index is 2.48. The van der Waals surface area contributed by atoms with E-state index in [9.17, 15) is 8.42 Å². The molecule has 21 heavy (non-hydrogen) atoms. The second-order valence-electron chi connectivity index (χ2n) is 5.71. The van der Waals surface area contributed by atoms with Crippen LogP contribution in [0.2, 0.25) is 0 Å². The van der Waals surface area contributed by atoms with Gasteiger partial charge in [0.1, 0.15) is 0 Å². The zero-order valence-corrected chi connectivity index (χ0v) is 14.0. The van der Waals surface area contributed by atoms with Crippen molar-refractivity contribution in [2.24, 2.45) is 0 Å². The molecule has 4 heteroatoms. The highest BCUT2D eigenvalue weighted by molar-refractivity contribution is 7.85. The van der Waals surface area contributed by atoms with Gasteiger partial charge in [-0.05, 0) is 36.5 Å². The number of rotatable bonds is 10. The maximum absolute atomic E-state index is 11.0. The van der Waals surface area contributed by atoms with Crippen LogP contribution in [0.4, 0.5) is 0 Å². The van der Waals surface area contributed by atoms with Gasteiger partial charge < -0.3 is 0 Å². The molecular formula is C17H28O3S. The lowest BCUT2D eigenvalue weighted by molar-refractivity contribution is 0.483. The summed E-state index contributed by atoms with van der Waals surface area (Å²) in [5.41, 5.74) is 1.17. The first-order chi connectivity index (χ1) is 9.99. The van der Waals surface area contributed by atoms with Gasteiger partial charge in [-0.15, -0.1) is 0 Å². The zero-order valence-electron chi connectivity index (χ0n) is 13.2. The van der Waals surface area contributed by atoms with Crippen molar-refractivity contribution in [2.75, 3.05) is 0 Å². The van der Waals surface area contributed by atoms with E-state index < -0.39 is 10.1 Å². The van der Waals surface area contributed by atoms with Gasteiger partial charge in [0.25, 0.3) is 10.1 Å². The molecule has 0 aromatic heterocycles. The van der Waals surface area contributed by atoms with Crippen LogP contribution in [0.1, 0.15) is 76.7 Å². The quantitative estimate of drug-likeness (QED) is 0.478. The van der Waals surface area contributed by atoms with Crippen LogP contribution in [0, 0.1) is 0 Å². The van der Waals surface area contributed by atoms with E-state index in [4.69, 9.17) is 4.55 Å². The van der Waals surface area contributed by atoms with Gasteiger partial charge in [0.2, 0.25) is 0 Å². The van der Waals surface area contributed by atoms with Gasteiger partial charge in [0.05, 0.1) is 4.90 Å². The summed E-state index contributed by atoms with van der Waals surface area (Å²) in [6, 6.07) is 6.64. The van der Waals surface area contributed by atoms with Gasteiger partial charge >= 0.3 is 0 Å². The van der Waals surface area contributed by atoms with Gasteiger partial charge in [0, 0.05) is 0 Å². The molecule has 1 N–H and O–H groups in total. The van der Waals surface area contributed by atoms with E-state index in [0.717, 1.165) is 12.8 Å². The van der Waals surface area contributed by atoms with Crippen LogP contribution < -0.4 is 0 Å². The summed E-state index contributed by atoms with van der Waals surface area (Å²) >= 11 is 0. The van der Waals surface area contributed by atoms with E-state index >= 15 is 0 Å². The standard InChI is InChI=1S/C17H28O3S/c1-3-5-6-7-8-9-10-15(4-2)16-11-13-17(14-12-16)21(18,19)20/h11-15H,3-10H2,1-2H3,(H,18,19,20). The lowest BCUT2D eigenvalue weighted by Crippen LogP contribution is -2.01. The number of hydrogen-bond acceptors (Lipinski definition) is 2. The average molecular weight is 312 g/mol. The van der Waals surface area contributed by atoms with Gasteiger partial charge in [0.15, 0.2) is 0 Å². The van der Waals surface area contributed by atoms with E-state index in [1.807, 2.05) is 12.1 Å². The van der Waals surface area contributed by atoms with E-state index in [2.05, 4.69) is 13.8 Å². The lowest BCUT2D eigenvalue weighted by atomic mass is 9.91. The Morgan fingerprint density at radius 3 is 2.05 bits per heavy atom. The van der Waals surface area contributed by atoms with Crippen molar-refractivity contribution in [2.45, 2.75) is 76.0 Å². The minimum Gasteiger partial charge on any atom is -0.282 e. The molecule has 1 aromatic carbocycles. The molecule has 0 amide bonds. The molecule has 0 aliphatic carbocycles. The van der Waals surface area contributed by atoms with Crippen molar-refractivity contribution >= 4 is 10.1 Å². The fourth-order valence-electron chi connectivity index (χ4n) is 2.69. The topological polar surface area (TPSA) is 54.4 Å². The van der Waals surface area contributed by atoms with Gasteiger partial charge in [-0.1, -0.05) is 64.5 Å². The van der Waals surface area contributed by atoms with Crippen LogP contribution in [0.15, 0.2) is 29.2 Å². The maximum atomic E-state index is 11.0. The summed E-state index contributed by atoms with van der Waals surface area (Å²) in [6.07, 6.45) is 9.95. The third-order valence-corrected chi connectivity index (χ3v) is 4.92. The molecule has 0 aliphatic rings. The summed E-state index contributed by atoms with van der Waals surface area (Å²) in [5.74, 6) is 0.478. The Bertz CT molecular complexity index is 491. The van der Waals surface area contributed by atoms with Gasteiger partial charge in [-0.2, -0.15) is 8.42 Å². The van der Waals surface area contributed by atoms with Crippen LogP contribution in [0.3, 0.4) is 0 Å². The molecule has 0 bridgehead atoms. The molecule has 0 saturated heterocycles. The highest BCUT2D eigenvalue weighted by Gasteiger charge is 2.12. The highest BCUT2D eigenvalue weighted by atomic mass is 32.2. The molecule has 0 fully saturated rings. The van der Waals surface area contributed by atoms with Crippen LogP contribution in [-0.4, -0.2) is 13.0 Å². The molecule has 1 aromatic rings. The van der Waals surface area contributed by atoms with Crippen LogP contribution in [-0.2, 0) is 10.1 Å². The first-order valence-electron chi connectivity index (χ1n) is 8.06. The maximum Gasteiger partial charge on any atom is 0.294 e. The third-order valence-electron chi connectivity index (χ3n) is 4.05. The first-order valence-corrected chi connectivity index (χ1v) is 9.50. The largest absolute Gasteiger partial charge is 0.294 e. The minimum atomic E-state index is -4.08. The third kappa shape index (κ3) is 6.62. The molecule has 1 unspecified atom stereocenters. The monoisotopic (exact) mass is 312 g/mol. The highest BCUT2D eigenvalue weighted by Crippen LogP contribution is 2.27. The smallest absolute Gasteiger partial charge is 0.282 e. The minimum absolute atomic E-state index is 0.0272. The molecule has 0 heterocycles. The summed E-state index contributed by atoms with van der Waals surface area (Å²) in [7, 11) is -4.08. The summed E-state index contributed by atoms with van der Waals surface area (Å²) in [4.78, 5) is -0.0272. The Hall–Kier alpha value is -0.870. The number of benzene rings is 1. The molecule has 0 saturated carbocycles. The van der Waals surface area contributed by atoms with Crippen LogP contribution >= 0.6 is 0 Å². The van der Waals surface area contributed by atoms with E-state index in [0.29, 0.717) is 5.92 Å². The van der Waals surface area contributed by atoms with Gasteiger partial charge in [-0.3, -0.25) is 4.55 Å². The molecule has 120 valence electrons. The molecular weight excluding hydrogens is 284 g/mol. The zero-order chi connectivity index (χ0) is 15.7. The Morgan fingerprint density at radius 2 is 1.52 bits per heavy atom. The summed E-state index contributed by atoms with van der Waals surface area (Å²) in [6.45, 7) is 4.39. The SMILES string of the molecule is CCCCCCCCC(CC)c1ccc(S(=O)(=O)O)cc1. The summed E-state index contributed by atoms with van der Waals surface area (Å²) in [5, 5.41) is 0. The Labute approximate surface area is 129 Å². The molecule has 0 spiro atoms. The van der Waals surface area contributed by atoms with E-state index in [-0.39, 0.29) is 4.90 Å². The first kappa shape index (κ1) is 18.2. The normalized spacial score (nSPS) is 13.3. The van der Waals surface area contributed by atoms with Crippen molar-refractivity contribution in [3.8, 4) is 0 Å². The Kier molecular flexibility index (Phi) is 7.97. The second kappa shape index (κ2) is 9.21. The second-order valence-corrected chi connectivity index (χ2v) is 7.13. The molecule has 0 aliphatic heterocycles. The molecule has 1 rings (SSSR count). The average Bonchev–Trinajstić information content (AvgIpc) is 2.46. The Morgan fingerprint density at radius 1 is 0.952 bits per heavy atom. The van der Waals surface area contributed by atoms with Crippen molar-refractivity contribution in [1.82, 2.24) is 0 Å².